The first-order valence-corrected chi connectivity index (χ1v) is 10.1. The molecule has 1 aromatic heterocycles. The zero-order valence-electron chi connectivity index (χ0n) is 16.1. The Morgan fingerprint density at radius 3 is 2.28 bits per heavy atom. The zero-order chi connectivity index (χ0) is 20.7. The third-order valence-corrected chi connectivity index (χ3v) is 5.76. The average Bonchev–Trinajstić information content (AvgIpc) is 3.28. The molecule has 1 saturated heterocycles. The first-order chi connectivity index (χ1) is 13.8. The topological polar surface area (TPSA) is 71.3 Å². The molecule has 29 heavy (non-hydrogen) atoms. The van der Waals surface area contributed by atoms with E-state index in [4.69, 9.17) is 0 Å². The number of aryl methyl sites for hydroxylation is 2. The normalized spacial score (nSPS) is 13.9. The molecule has 0 spiro atoms. The Kier molecular flexibility index (Phi) is 5.08. The maximum absolute atomic E-state index is 14.1. The van der Waals surface area contributed by atoms with Crippen LogP contribution in [0.2, 0.25) is 0 Å². The average molecular weight is 462 g/mol. The summed E-state index contributed by atoms with van der Waals surface area (Å²) in [5.41, 5.74) is 2.89. The second kappa shape index (κ2) is 7.55. The first-order valence-electron chi connectivity index (χ1n) is 9.32. The Morgan fingerprint density at radius 1 is 1.00 bits per heavy atom. The van der Waals surface area contributed by atoms with Crippen molar-refractivity contribution in [3.8, 4) is 0 Å². The van der Waals surface area contributed by atoms with E-state index in [2.05, 4.69) is 31.5 Å². The number of imidazole rings is 1. The van der Waals surface area contributed by atoms with Crippen LogP contribution < -0.4 is 21.2 Å². The number of rotatable bonds is 3. The molecule has 3 aromatic rings. The highest BCUT2D eigenvalue weighted by atomic mass is 79.9. The van der Waals surface area contributed by atoms with Crippen LogP contribution in [-0.2, 0) is 14.1 Å². The van der Waals surface area contributed by atoms with Crippen molar-refractivity contribution in [2.75, 3.05) is 28.6 Å². The molecular formula is C20H21BrFN5O2. The zero-order valence-corrected chi connectivity index (χ0v) is 17.7. The van der Waals surface area contributed by atoms with Crippen LogP contribution in [0.3, 0.4) is 0 Å². The number of fused-ring (bicyclic) bond motifs is 1. The minimum absolute atomic E-state index is 0.0848. The van der Waals surface area contributed by atoms with Crippen molar-refractivity contribution in [3.63, 3.8) is 0 Å². The van der Waals surface area contributed by atoms with E-state index in [1.54, 1.807) is 35.4 Å². The molecule has 2 amide bonds. The van der Waals surface area contributed by atoms with Crippen molar-refractivity contribution >= 4 is 50.1 Å². The second-order valence-electron chi connectivity index (χ2n) is 7.16. The third-order valence-electron chi connectivity index (χ3n) is 5.26. The smallest absolute Gasteiger partial charge is 0.328 e. The highest BCUT2D eigenvalue weighted by Gasteiger charge is 2.21. The number of hydrogen-bond donors (Lipinski definition) is 2. The lowest BCUT2D eigenvalue weighted by Crippen LogP contribution is -2.24. The summed E-state index contributed by atoms with van der Waals surface area (Å²) < 4.78 is 17.8. The fraction of sp³-hybridized carbons (Fsp3) is 0.300. The summed E-state index contributed by atoms with van der Waals surface area (Å²) in [5, 5.41) is 5.38. The Morgan fingerprint density at radius 2 is 1.62 bits per heavy atom. The second-order valence-corrected chi connectivity index (χ2v) is 8.07. The van der Waals surface area contributed by atoms with Crippen molar-refractivity contribution < 1.29 is 9.18 Å². The van der Waals surface area contributed by atoms with Gasteiger partial charge in [-0.3, -0.25) is 9.13 Å². The van der Waals surface area contributed by atoms with Gasteiger partial charge in [0.2, 0.25) is 0 Å². The van der Waals surface area contributed by atoms with Gasteiger partial charge in [-0.15, -0.1) is 0 Å². The van der Waals surface area contributed by atoms with E-state index in [-0.39, 0.29) is 11.4 Å². The molecule has 1 fully saturated rings. The molecule has 0 bridgehead atoms. The van der Waals surface area contributed by atoms with Gasteiger partial charge in [0.25, 0.3) is 0 Å². The molecule has 0 unspecified atom stereocenters. The van der Waals surface area contributed by atoms with E-state index < -0.39 is 11.8 Å². The van der Waals surface area contributed by atoms with Crippen LogP contribution in [-0.4, -0.2) is 28.3 Å². The molecule has 0 saturated carbocycles. The fourth-order valence-corrected chi connectivity index (χ4v) is 4.05. The highest BCUT2D eigenvalue weighted by Crippen LogP contribution is 2.33. The van der Waals surface area contributed by atoms with Gasteiger partial charge in [-0.2, -0.15) is 0 Å². The Hall–Kier alpha value is -2.81. The van der Waals surface area contributed by atoms with Gasteiger partial charge in [-0.1, -0.05) is 15.9 Å². The molecule has 7 nitrogen and oxygen atoms in total. The third kappa shape index (κ3) is 3.62. The van der Waals surface area contributed by atoms with E-state index in [9.17, 15) is 14.0 Å². The highest BCUT2D eigenvalue weighted by molar-refractivity contribution is 9.10. The number of urea groups is 1. The van der Waals surface area contributed by atoms with E-state index in [0.717, 1.165) is 37.1 Å². The van der Waals surface area contributed by atoms with Crippen LogP contribution in [0.1, 0.15) is 12.8 Å². The number of amides is 2. The first kappa shape index (κ1) is 19.5. The molecule has 4 rings (SSSR count). The standard InChI is InChI=1S/C20H21BrFN5O2/c1-25-17-10-15(24-19(28)23-14-6-5-12(21)9-13(14)22)16(27-7-3-4-8-27)11-18(17)26(2)20(25)29/h5-6,9-11H,3-4,7-8H2,1-2H3,(H2,23,24,28). The van der Waals surface area contributed by atoms with E-state index >= 15 is 0 Å². The number of carbonyl (C=O) groups excluding carboxylic acids is 1. The Balaban J connectivity index is 1.71. The maximum atomic E-state index is 14.1. The molecule has 1 aliphatic heterocycles. The van der Waals surface area contributed by atoms with Gasteiger partial charge in [0, 0.05) is 31.7 Å². The summed E-state index contributed by atoms with van der Waals surface area (Å²) >= 11 is 3.20. The monoisotopic (exact) mass is 461 g/mol. The number of carbonyl (C=O) groups is 1. The Labute approximate surface area is 175 Å². The minimum Gasteiger partial charge on any atom is -0.370 e. The quantitative estimate of drug-likeness (QED) is 0.618. The van der Waals surface area contributed by atoms with Gasteiger partial charge >= 0.3 is 11.7 Å². The summed E-state index contributed by atoms with van der Waals surface area (Å²) in [5.74, 6) is -0.532. The molecule has 9 heteroatoms. The molecule has 0 aliphatic carbocycles. The lowest BCUT2D eigenvalue weighted by molar-refractivity contribution is 0.262. The van der Waals surface area contributed by atoms with Crippen LogP contribution in [0.4, 0.5) is 26.2 Å². The van der Waals surface area contributed by atoms with Crippen molar-refractivity contribution in [1.29, 1.82) is 0 Å². The SMILES string of the molecule is Cn1c(=O)n(C)c2cc(N3CCCC3)c(NC(=O)Nc3ccc(Br)cc3F)cc21. The van der Waals surface area contributed by atoms with Gasteiger partial charge < -0.3 is 15.5 Å². The van der Waals surface area contributed by atoms with Crippen LogP contribution in [0, 0.1) is 5.82 Å². The van der Waals surface area contributed by atoms with Crippen LogP contribution in [0.5, 0.6) is 0 Å². The molecule has 2 heterocycles. The number of nitrogens with one attached hydrogen (secondary N) is 2. The number of benzene rings is 2. The van der Waals surface area contributed by atoms with Gasteiger partial charge in [-0.05, 0) is 43.2 Å². The number of halogens is 2. The molecule has 152 valence electrons. The molecule has 2 N–H and O–H groups in total. The lowest BCUT2D eigenvalue weighted by Gasteiger charge is -2.22. The number of nitrogens with zero attached hydrogens (tertiary/aromatic N) is 3. The molecule has 1 aliphatic rings. The van der Waals surface area contributed by atoms with Gasteiger partial charge in [-0.25, -0.2) is 14.0 Å². The van der Waals surface area contributed by atoms with Crippen LogP contribution in [0.15, 0.2) is 39.6 Å². The van der Waals surface area contributed by atoms with Crippen LogP contribution in [0.25, 0.3) is 11.0 Å². The van der Waals surface area contributed by atoms with Crippen molar-refractivity contribution in [2.45, 2.75) is 12.8 Å². The summed E-state index contributed by atoms with van der Waals surface area (Å²) in [4.78, 5) is 27.1. The van der Waals surface area contributed by atoms with Gasteiger partial charge in [0.1, 0.15) is 5.82 Å². The molecule has 2 aromatic carbocycles. The van der Waals surface area contributed by atoms with Crippen LogP contribution >= 0.6 is 15.9 Å². The molecule has 0 radical (unpaired) electrons. The van der Waals surface area contributed by atoms with E-state index in [0.29, 0.717) is 15.7 Å². The van der Waals surface area contributed by atoms with Gasteiger partial charge in [0.15, 0.2) is 0 Å². The predicted molar refractivity (Wildman–Crippen MR) is 116 cm³/mol. The lowest BCUT2D eigenvalue weighted by atomic mass is 10.2. The summed E-state index contributed by atoms with van der Waals surface area (Å²) in [6.07, 6.45) is 2.14. The van der Waals surface area contributed by atoms with Crippen molar-refractivity contribution in [3.05, 3.63) is 51.1 Å². The number of hydrogen-bond acceptors (Lipinski definition) is 3. The summed E-state index contributed by atoms with van der Waals surface area (Å²) in [6.45, 7) is 1.76. The van der Waals surface area contributed by atoms with Crippen molar-refractivity contribution in [1.82, 2.24) is 9.13 Å². The maximum Gasteiger partial charge on any atom is 0.328 e. The van der Waals surface area contributed by atoms with E-state index in [1.165, 1.54) is 12.1 Å². The largest absolute Gasteiger partial charge is 0.370 e. The predicted octanol–water partition coefficient (Wildman–Crippen LogP) is 4.02. The summed E-state index contributed by atoms with van der Waals surface area (Å²) in [7, 11) is 3.43. The Bertz CT molecular complexity index is 1160. The minimum atomic E-state index is -0.549. The van der Waals surface area contributed by atoms with E-state index in [1.807, 2.05) is 6.07 Å². The van der Waals surface area contributed by atoms with Gasteiger partial charge in [0.05, 0.1) is 28.1 Å². The summed E-state index contributed by atoms with van der Waals surface area (Å²) in [6, 6.07) is 7.61. The number of anilines is 3. The molecular weight excluding hydrogens is 441 g/mol. The number of aromatic nitrogens is 2. The fourth-order valence-electron chi connectivity index (χ4n) is 3.72. The molecule has 0 atom stereocenters. The van der Waals surface area contributed by atoms with Crippen molar-refractivity contribution in [2.24, 2.45) is 14.1 Å².